The summed E-state index contributed by atoms with van der Waals surface area (Å²) in [7, 11) is 0. The molecular weight excluding hydrogens is 331 g/mol. The summed E-state index contributed by atoms with van der Waals surface area (Å²) in [5.74, 6) is -0.0732. The first kappa shape index (κ1) is 17.1. The lowest BCUT2D eigenvalue weighted by Gasteiger charge is -2.27. The number of hydrazine groups is 1. The monoisotopic (exact) mass is 354 g/mol. The highest BCUT2D eigenvalue weighted by molar-refractivity contribution is 5.82. The summed E-state index contributed by atoms with van der Waals surface area (Å²) < 4.78 is 13.9. The molecule has 5 nitrogen and oxygen atoms in total. The molecule has 2 saturated heterocycles. The van der Waals surface area contributed by atoms with Crippen LogP contribution >= 0.6 is 0 Å². The van der Waals surface area contributed by atoms with Crippen LogP contribution < -0.4 is 10.9 Å². The van der Waals surface area contributed by atoms with Crippen LogP contribution in [0.3, 0.4) is 0 Å². The Morgan fingerprint density at radius 3 is 2.88 bits per heavy atom. The molecule has 3 heterocycles. The minimum absolute atomic E-state index is 0.00507. The van der Waals surface area contributed by atoms with Crippen molar-refractivity contribution in [2.24, 2.45) is 0 Å². The van der Waals surface area contributed by atoms with E-state index in [1.54, 1.807) is 12.1 Å². The number of amides is 1. The Morgan fingerprint density at radius 2 is 2.08 bits per heavy atom. The first-order chi connectivity index (χ1) is 12.7. The second-order valence-electron chi connectivity index (χ2n) is 6.92. The Kier molecular flexibility index (Phi) is 4.95. The molecule has 26 heavy (non-hydrogen) atoms. The highest BCUT2D eigenvalue weighted by Gasteiger charge is 2.35. The number of carbonyl (C=O) groups is 1. The number of carbonyl (C=O) groups excluding carboxylic acids is 1. The Labute approximate surface area is 152 Å². The van der Waals surface area contributed by atoms with Gasteiger partial charge in [0.15, 0.2) is 0 Å². The lowest BCUT2D eigenvalue weighted by atomic mass is 10.1. The van der Waals surface area contributed by atoms with Crippen LogP contribution in [0.2, 0.25) is 0 Å². The van der Waals surface area contributed by atoms with Gasteiger partial charge in [0.05, 0.1) is 11.7 Å². The number of benzene rings is 1. The molecule has 2 N–H and O–H groups in total. The van der Waals surface area contributed by atoms with E-state index in [0.29, 0.717) is 12.0 Å². The summed E-state index contributed by atoms with van der Waals surface area (Å²) in [6.45, 7) is 1.58. The lowest BCUT2D eigenvalue weighted by Crippen LogP contribution is -2.45. The molecule has 2 aliphatic heterocycles. The first-order valence-corrected chi connectivity index (χ1v) is 9.20. The maximum absolute atomic E-state index is 13.9. The Bertz CT molecular complexity index is 791. The summed E-state index contributed by atoms with van der Waals surface area (Å²) in [4.78, 5) is 19.5. The van der Waals surface area contributed by atoms with Crippen molar-refractivity contribution in [2.75, 3.05) is 13.1 Å². The van der Waals surface area contributed by atoms with Gasteiger partial charge in [0.2, 0.25) is 5.91 Å². The molecular formula is C20H23FN4O. The second-order valence-corrected chi connectivity index (χ2v) is 6.92. The van der Waals surface area contributed by atoms with Crippen molar-refractivity contribution in [3.8, 4) is 0 Å². The van der Waals surface area contributed by atoms with Crippen molar-refractivity contribution in [1.29, 1.82) is 0 Å². The van der Waals surface area contributed by atoms with E-state index < -0.39 is 0 Å². The number of hydrogen-bond acceptors (Lipinski definition) is 4. The predicted octanol–water partition coefficient (Wildman–Crippen LogP) is 2.34. The zero-order valence-corrected chi connectivity index (χ0v) is 14.6. The third-order valence-corrected chi connectivity index (χ3v) is 5.17. The third kappa shape index (κ3) is 3.48. The molecule has 2 atom stereocenters. The van der Waals surface area contributed by atoms with Crippen molar-refractivity contribution in [1.82, 2.24) is 20.7 Å². The van der Waals surface area contributed by atoms with E-state index in [9.17, 15) is 9.18 Å². The molecule has 1 aromatic carbocycles. The second kappa shape index (κ2) is 7.51. The average Bonchev–Trinajstić information content (AvgIpc) is 3.35. The Balaban J connectivity index is 1.53. The van der Waals surface area contributed by atoms with E-state index in [4.69, 9.17) is 4.98 Å². The molecule has 0 aliphatic carbocycles. The van der Waals surface area contributed by atoms with Crippen LogP contribution in [0, 0.1) is 5.82 Å². The van der Waals surface area contributed by atoms with Crippen LogP contribution in [0.5, 0.6) is 0 Å². The molecule has 0 spiro atoms. The molecule has 6 heteroatoms. The highest BCUT2D eigenvalue weighted by atomic mass is 19.1. The van der Waals surface area contributed by atoms with Gasteiger partial charge in [-0.05, 0) is 43.0 Å². The summed E-state index contributed by atoms with van der Waals surface area (Å²) in [5, 5.41) is 0. The van der Waals surface area contributed by atoms with Crippen molar-refractivity contribution in [3.05, 3.63) is 65.2 Å². The molecule has 4 rings (SSSR count). The van der Waals surface area contributed by atoms with Crippen LogP contribution in [0.25, 0.3) is 0 Å². The topological polar surface area (TPSA) is 57.3 Å². The van der Waals surface area contributed by atoms with Gasteiger partial charge in [-0.15, -0.1) is 0 Å². The molecule has 1 amide bonds. The van der Waals surface area contributed by atoms with Gasteiger partial charge in [-0.2, -0.15) is 0 Å². The number of nitrogens with one attached hydrogen (secondary N) is 2. The summed E-state index contributed by atoms with van der Waals surface area (Å²) in [6.07, 6.45) is 3.16. The molecule has 0 saturated carbocycles. The van der Waals surface area contributed by atoms with Gasteiger partial charge in [0, 0.05) is 25.2 Å². The zero-order valence-electron chi connectivity index (χ0n) is 14.6. The van der Waals surface area contributed by atoms with E-state index in [2.05, 4.69) is 10.9 Å². The van der Waals surface area contributed by atoms with Crippen LogP contribution in [-0.4, -0.2) is 34.9 Å². The summed E-state index contributed by atoms with van der Waals surface area (Å²) in [5.41, 5.74) is 8.44. The van der Waals surface area contributed by atoms with Gasteiger partial charge in [0.1, 0.15) is 11.9 Å². The fourth-order valence-corrected chi connectivity index (χ4v) is 3.83. The van der Waals surface area contributed by atoms with Gasteiger partial charge in [-0.3, -0.25) is 15.2 Å². The van der Waals surface area contributed by atoms with Gasteiger partial charge in [-0.1, -0.05) is 24.3 Å². The van der Waals surface area contributed by atoms with E-state index in [0.717, 1.165) is 43.7 Å². The normalized spacial score (nSPS) is 22.7. The maximum Gasteiger partial charge on any atom is 0.241 e. The number of halogens is 1. The molecule has 2 aliphatic rings. The number of hydrogen-bond donors (Lipinski definition) is 2. The predicted molar refractivity (Wildman–Crippen MR) is 96.7 cm³/mol. The van der Waals surface area contributed by atoms with Crippen molar-refractivity contribution < 1.29 is 9.18 Å². The molecule has 2 unspecified atom stereocenters. The van der Waals surface area contributed by atoms with Gasteiger partial charge >= 0.3 is 0 Å². The summed E-state index contributed by atoms with van der Waals surface area (Å²) >= 11 is 0. The number of rotatable bonds is 4. The number of aromatic nitrogens is 1. The smallest absolute Gasteiger partial charge is 0.241 e. The number of pyridine rings is 1. The Morgan fingerprint density at radius 1 is 1.19 bits per heavy atom. The lowest BCUT2D eigenvalue weighted by molar-refractivity contribution is -0.134. The van der Waals surface area contributed by atoms with E-state index in [-0.39, 0.29) is 23.8 Å². The molecule has 1 aromatic heterocycles. The van der Waals surface area contributed by atoms with Gasteiger partial charge < -0.3 is 4.90 Å². The number of likely N-dealkylation sites (tertiary alicyclic amines) is 1. The zero-order chi connectivity index (χ0) is 17.9. The standard InChI is InChI=1S/C20H23FN4O/c21-16-7-2-1-5-14(16)13-15-6-3-8-17(23-15)19-9-4-12-25(19)20(26)18-10-11-22-24-18/h1-3,5-8,18-19,22,24H,4,9-13H2. The quantitative estimate of drug-likeness (QED) is 0.885. The fraction of sp³-hybridized carbons (Fsp3) is 0.400. The van der Waals surface area contributed by atoms with Crippen LogP contribution in [0.1, 0.15) is 42.3 Å². The van der Waals surface area contributed by atoms with E-state index >= 15 is 0 Å². The van der Waals surface area contributed by atoms with Crippen LogP contribution in [-0.2, 0) is 11.2 Å². The largest absolute Gasteiger partial charge is 0.333 e. The maximum atomic E-state index is 13.9. The van der Waals surface area contributed by atoms with Crippen molar-refractivity contribution in [2.45, 2.75) is 37.8 Å². The minimum Gasteiger partial charge on any atom is -0.333 e. The minimum atomic E-state index is -0.211. The van der Waals surface area contributed by atoms with Gasteiger partial charge in [-0.25, -0.2) is 9.82 Å². The van der Waals surface area contributed by atoms with Gasteiger partial charge in [0.25, 0.3) is 0 Å². The van der Waals surface area contributed by atoms with Crippen molar-refractivity contribution in [3.63, 3.8) is 0 Å². The summed E-state index contributed by atoms with van der Waals surface area (Å²) in [6, 6.07) is 12.5. The molecule has 2 fully saturated rings. The first-order valence-electron chi connectivity index (χ1n) is 9.20. The molecule has 2 aromatic rings. The molecule has 0 bridgehead atoms. The van der Waals surface area contributed by atoms with Crippen molar-refractivity contribution >= 4 is 5.91 Å². The van der Waals surface area contributed by atoms with Crippen LogP contribution in [0.15, 0.2) is 42.5 Å². The number of nitrogens with zero attached hydrogens (tertiary/aromatic N) is 2. The SMILES string of the molecule is O=C(C1CCNN1)N1CCCC1c1cccc(Cc2ccccc2F)n1. The van der Waals surface area contributed by atoms with E-state index in [1.165, 1.54) is 6.07 Å². The molecule has 0 radical (unpaired) electrons. The Hall–Kier alpha value is -2.31. The fourth-order valence-electron chi connectivity index (χ4n) is 3.83. The average molecular weight is 354 g/mol. The third-order valence-electron chi connectivity index (χ3n) is 5.17. The van der Waals surface area contributed by atoms with Crippen LogP contribution in [0.4, 0.5) is 4.39 Å². The van der Waals surface area contributed by atoms with E-state index in [1.807, 2.05) is 29.2 Å². The highest BCUT2D eigenvalue weighted by Crippen LogP contribution is 2.32. The molecule has 136 valence electrons.